The topological polar surface area (TPSA) is 172 Å². The van der Waals surface area contributed by atoms with Crippen LogP contribution in [0.4, 0.5) is 24.5 Å². The van der Waals surface area contributed by atoms with Gasteiger partial charge in [0.2, 0.25) is 0 Å². The first kappa shape index (κ1) is 34.2. The number of benzene rings is 4. The molecule has 7 aromatic rings. The molecule has 3 heterocycles. The maximum atomic E-state index is 14.0. The molecule has 0 radical (unpaired) electrons. The Labute approximate surface area is 289 Å². The van der Waals surface area contributed by atoms with Crippen LogP contribution in [0.5, 0.6) is 5.75 Å². The molecule has 49 heavy (non-hydrogen) atoms. The van der Waals surface area contributed by atoms with Gasteiger partial charge < -0.3 is 14.7 Å². The van der Waals surface area contributed by atoms with Gasteiger partial charge >= 0.3 is 6.61 Å². The van der Waals surface area contributed by atoms with E-state index in [0.29, 0.717) is 54.6 Å². The van der Waals surface area contributed by atoms with Crippen molar-refractivity contribution >= 4 is 99.1 Å². The van der Waals surface area contributed by atoms with Crippen LogP contribution in [0, 0.1) is 5.82 Å². The van der Waals surface area contributed by atoms with Gasteiger partial charge in [0.15, 0.2) is 0 Å². The molecule has 254 valence electrons. The number of alkyl halides is 2. The second-order valence-corrected chi connectivity index (χ2v) is 14.6. The van der Waals surface area contributed by atoms with E-state index in [1.165, 1.54) is 30.6 Å². The Morgan fingerprint density at radius 1 is 0.735 bits per heavy atom. The molecule has 12 nitrogen and oxygen atoms in total. The maximum Gasteiger partial charge on any atom is 0.387 e. The molecule has 4 aromatic carbocycles. The number of hydrogen-bond acceptors (Lipinski definition) is 8. The second-order valence-electron chi connectivity index (χ2n) is 10.0. The van der Waals surface area contributed by atoms with E-state index in [0.717, 1.165) is 6.07 Å². The number of hydrogen-bond donors (Lipinski definition) is 4. The molecule has 0 saturated heterocycles. The van der Waals surface area contributed by atoms with Crippen molar-refractivity contribution in [2.45, 2.75) is 16.4 Å². The van der Waals surface area contributed by atoms with E-state index >= 15 is 0 Å². The quantitative estimate of drug-likeness (QED) is 0.120. The molecule has 7 rings (SSSR count). The summed E-state index contributed by atoms with van der Waals surface area (Å²) in [6.07, 6.45) is 2.63. The van der Waals surface area contributed by atoms with Crippen LogP contribution < -0.4 is 14.2 Å². The standard InChI is InChI=1S/C15H9Cl2F3N2O3S.C14H9ClN4O3S/c16-7-1-2-8-11(3-7)21-6-14(8)26(23,24)22-12-5-13(25-15(19)20)9(17)4-10(12)18;15-8-1-3-10-12(5-8)16-7-14(10)23(20,21)19-9-2-4-11-13(6-9)18-22-17-11/h1-6,15,21-22H;1-7,16,19H. The Balaban J connectivity index is 0.000000171. The first-order valence-corrected chi connectivity index (χ1v) is 17.6. The van der Waals surface area contributed by atoms with Crippen LogP contribution in [0.15, 0.2) is 93.5 Å². The highest BCUT2D eigenvalue weighted by molar-refractivity contribution is 7.93. The lowest BCUT2D eigenvalue weighted by atomic mass is 10.2. The molecular formula is C29H18Cl3F3N6O6S2. The van der Waals surface area contributed by atoms with Crippen LogP contribution in [0.3, 0.4) is 0 Å². The van der Waals surface area contributed by atoms with Crippen LogP contribution in [0.25, 0.3) is 32.8 Å². The molecule has 0 fully saturated rings. The highest BCUT2D eigenvalue weighted by atomic mass is 35.5. The molecule has 0 aliphatic rings. The first-order valence-electron chi connectivity index (χ1n) is 13.5. The van der Waals surface area contributed by atoms with Gasteiger partial charge in [0.05, 0.1) is 16.4 Å². The number of ether oxygens (including phenoxy) is 1. The van der Waals surface area contributed by atoms with E-state index in [1.807, 2.05) is 4.72 Å². The Morgan fingerprint density at radius 3 is 1.90 bits per heavy atom. The number of fused-ring (bicyclic) bond motifs is 3. The van der Waals surface area contributed by atoms with E-state index in [4.69, 9.17) is 34.8 Å². The average molecular weight is 774 g/mol. The summed E-state index contributed by atoms with van der Waals surface area (Å²) in [5.74, 6) is -1.62. The monoisotopic (exact) mass is 772 g/mol. The predicted octanol–water partition coefficient (Wildman–Crippen LogP) is 8.17. The summed E-state index contributed by atoms with van der Waals surface area (Å²) in [4.78, 5) is 5.61. The normalized spacial score (nSPS) is 12.0. The van der Waals surface area contributed by atoms with Gasteiger partial charge in [0.25, 0.3) is 20.0 Å². The van der Waals surface area contributed by atoms with Crippen LogP contribution >= 0.6 is 34.8 Å². The van der Waals surface area contributed by atoms with Crippen molar-refractivity contribution in [1.82, 2.24) is 20.3 Å². The molecule has 20 heteroatoms. The van der Waals surface area contributed by atoms with Gasteiger partial charge in [0.1, 0.15) is 32.4 Å². The highest BCUT2D eigenvalue weighted by Crippen LogP contribution is 2.34. The SMILES string of the molecule is O=S(=O)(Nc1cc(OC(F)F)c(Cl)cc1F)c1c[nH]c2cc(Cl)ccc12.O=S(=O)(Nc1ccc2nonc2c1)c1c[nH]c2cc(Cl)ccc12. The first-order chi connectivity index (χ1) is 23.2. The molecule has 0 aliphatic carbocycles. The third-order valence-corrected chi connectivity index (χ3v) is 10.4. The third kappa shape index (κ3) is 7.35. The van der Waals surface area contributed by atoms with E-state index in [-0.39, 0.29) is 9.79 Å². The number of aromatic nitrogens is 4. The number of H-pyrrole nitrogens is 2. The maximum absolute atomic E-state index is 14.0. The summed E-state index contributed by atoms with van der Waals surface area (Å²) in [6, 6.07) is 15.6. The zero-order chi connectivity index (χ0) is 35.1. The van der Waals surface area contributed by atoms with Gasteiger partial charge in [-0.1, -0.05) is 34.8 Å². The Hall–Kier alpha value is -4.68. The molecule has 0 amide bonds. The number of nitrogens with zero attached hydrogens (tertiary/aromatic N) is 2. The molecular weight excluding hydrogens is 756 g/mol. The van der Waals surface area contributed by atoms with Crippen molar-refractivity contribution in [3.05, 3.63) is 100 Å². The third-order valence-electron chi connectivity index (χ3n) is 6.78. The fourth-order valence-corrected chi connectivity index (χ4v) is 7.64. The van der Waals surface area contributed by atoms with Crippen molar-refractivity contribution in [3.63, 3.8) is 0 Å². The molecule has 0 bridgehead atoms. The van der Waals surface area contributed by atoms with Crippen molar-refractivity contribution in [1.29, 1.82) is 0 Å². The minimum atomic E-state index is -4.24. The van der Waals surface area contributed by atoms with Crippen molar-refractivity contribution < 1.29 is 39.4 Å². The fourth-order valence-electron chi connectivity index (χ4n) is 4.64. The number of halogens is 6. The summed E-state index contributed by atoms with van der Waals surface area (Å²) in [5.41, 5.74) is 1.90. The van der Waals surface area contributed by atoms with Gasteiger partial charge in [-0.05, 0) is 71.0 Å². The van der Waals surface area contributed by atoms with Crippen LogP contribution in [-0.4, -0.2) is 43.7 Å². The van der Waals surface area contributed by atoms with Crippen molar-refractivity contribution in [2.75, 3.05) is 9.44 Å². The smallest absolute Gasteiger partial charge is 0.387 e. The lowest BCUT2D eigenvalue weighted by Gasteiger charge is -2.12. The van der Waals surface area contributed by atoms with Crippen LogP contribution in [0.2, 0.25) is 15.1 Å². The van der Waals surface area contributed by atoms with Gasteiger partial charge in [-0.3, -0.25) is 9.44 Å². The number of nitrogens with one attached hydrogen (secondary N) is 4. The number of rotatable bonds is 8. The summed E-state index contributed by atoms with van der Waals surface area (Å²) in [7, 11) is -8.00. The van der Waals surface area contributed by atoms with Crippen molar-refractivity contribution in [3.8, 4) is 5.75 Å². The minimum Gasteiger partial charge on any atom is -0.433 e. The Morgan fingerprint density at radius 2 is 1.31 bits per heavy atom. The van der Waals surface area contributed by atoms with Gasteiger partial charge in [-0.2, -0.15) is 8.78 Å². The van der Waals surface area contributed by atoms with Crippen molar-refractivity contribution in [2.24, 2.45) is 0 Å². The minimum absolute atomic E-state index is 0.141. The molecule has 0 aliphatic heterocycles. The fraction of sp³-hybridized carbons (Fsp3) is 0.0345. The summed E-state index contributed by atoms with van der Waals surface area (Å²) >= 11 is 17.4. The second kappa shape index (κ2) is 13.3. The van der Waals surface area contributed by atoms with Crippen LogP contribution in [-0.2, 0) is 20.0 Å². The number of sulfonamides is 2. The molecule has 0 unspecified atom stereocenters. The zero-order valence-electron chi connectivity index (χ0n) is 24.0. The Bertz CT molecular complexity index is 2580. The summed E-state index contributed by atoms with van der Waals surface area (Å²) in [5, 5.41) is 8.75. The lowest BCUT2D eigenvalue weighted by molar-refractivity contribution is -0.0497. The number of anilines is 2. The summed E-state index contributed by atoms with van der Waals surface area (Å²) < 4.78 is 102. The summed E-state index contributed by atoms with van der Waals surface area (Å²) in [6.45, 7) is -3.21. The van der Waals surface area contributed by atoms with E-state index in [2.05, 4.69) is 34.4 Å². The highest BCUT2D eigenvalue weighted by Gasteiger charge is 2.23. The van der Waals surface area contributed by atoms with Gasteiger partial charge in [0, 0.05) is 50.3 Å². The predicted molar refractivity (Wildman–Crippen MR) is 178 cm³/mol. The number of aromatic amines is 2. The Kier molecular flexibility index (Phi) is 9.29. The zero-order valence-corrected chi connectivity index (χ0v) is 27.9. The lowest BCUT2D eigenvalue weighted by Crippen LogP contribution is -2.14. The molecule has 0 spiro atoms. The molecule has 4 N–H and O–H groups in total. The molecule has 3 aromatic heterocycles. The van der Waals surface area contributed by atoms with Gasteiger partial charge in [-0.15, -0.1) is 0 Å². The average Bonchev–Trinajstić information content (AvgIpc) is 3.77. The molecule has 0 saturated carbocycles. The van der Waals surface area contributed by atoms with E-state index < -0.39 is 48.9 Å². The van der Waals surface area contributed by atoms with E-state index in [1.54, 1.807) is 36.4 Å². The van der Waals surface area contributed by atoms with E-state index in [9.17, 15) is 30.0 Å². The van der Waals surface area contributed by atoms with Crippen LogP contribution in [0.1, 0.15) is 0 Å². The van der Waals surface area contributed by atoms with Gasteiger partial charge in [-0.25, -0.2) is 25.9 Å². The largest absolute Gasteiger partial charge is 0.433 e. The molecule has 0 atom stereocenters.